The first-order valence-electron chi connectivity index (χ1n) is 9.54. The van der Waals surface area contributed by atoms with Crippen molar-refractivity contribution in [2.75, 3.05) is 29.2 Å². The van der Waals surface area contributed by atoms with Crippen molar-refractivity contribution >= 4 is 58.0 Å². The summed E-state index contributed by atoms with van der Waals surface area (Å²) in [6.07, 6.45) is 1.41. The van der Waals surface area contributed by atoms with Crippen LogP contribution in [0.25, 0.3) is 0 Å². The number of ether oxygens (including phenoxy) is 1. The predicted octanol–water partition coefficient (Wildman–Crippen LogP) is 4.41. The number of anilines is 3. The molecule has 2 aromatic heterocycles. The number of amidine groups is 1. The molecule has 11 heteroatoms. The van der Waals surface area contributed by atoms with Crippen molar-refractivity contribution in [2.24, 2.45) is 0 Å². The molecule has 0 radical (unpaired) electrons. The number of halogens is 1. The number of aryl methyl sites for hydroxylation is 1. The number of aromatic nitrogens is 2. The fraction of sp³-hybridized carbons (Fsp3) is 0.190. The zero-order chi connectivity index (χ0) is 23.3. The number of benzene rings is 1. The first kappa shape index (κ1) is 23.2. The number of nitrogens with zero attached hydrogens (tertiary/aromatic N) is 3. The zero-order valence-corrected chi connectivity index (χ0v) is 19.2. The molecule has 0 aliphatic rings. The van der Waals surface area contributed by atoms with Crippen molar-refractivity contribution in [1.29, 1.82) is 5.41 Å². The van der Waals surface area contributed by atoms with Gasteiger partial charge in [-0.2, -0.15) is 0 Å². The number of carbonyl (C=O) groups excluding carboxylic acids is 2. The summed E-state index contributed by atoms with van der Waals surface area (Å²) in [4.78, 5) is 35.6. The summed E-state index contributed by atoms with van der Waals surface area (Å²) in [5.74, 6) is -0.690. The van der Waals surface area contributed by atoms with Gasteiger partial charge in [0.1, 0.15) is 10.7 Å². The lowest BCUT2D eigenvalue weighted by Gasteiger charge is -2.22. The van der Waals surface area contributed by atoms with E-state index in [0.29, 0.717) is 28.1 Å². The molecule has 32 heavy (non-hydrogen) atoms. The SMILES string of the molecule is CCN(C(=N)OC)c1ccc(NC(=O)c2sc(C)nc2C(=O)Nc2ccc(Cl)cn2)cc1. The topological polar surface area (TPSA) is 120 Å². The maximum absolute atomic E-state index is 12.9. The molecule has 1 aromatic carbocycles. The Morgan fingerprint density at radius 1 is 1.16 bits per heavy atom. The smallest absolute Gasteiger partial charge is 0.288 e. The summed E-state index contributed by atoms with van der Waals surface area (Å²) in [7, 11) is 1.44. The number of amides is 2. The van der Waals surface area contributed by atoms with Crippen LogP contribution in [-0.2, 0) is 4.74 Å². The Bertz CT molecular complexity index is 1130. The number of rotatable bonds is 6. The molecule has 3 aromatic rings. The molecule has 0 fully saturated rings. The minimum absolute atomic E-state index is 0.0177. The number of hydrogen-bond donors (Lipinski definition) is 3. The number of pyridine rings is 1. The van der Waals surface area contributed by atoms with Crippen LogP contribution in [0.15, 0.2) is 42.6 Å². The van der Waals surface area contributed by atoms with Gasteiger partial charge in [0.15, 0.2) is 5.69 Å². The Labute approximate surface area is 193 Å². The van der Waals surface area contributed by atoms with Gasteiger partial charge in [0.05, 0.1) is 17.1 Å². The Morgan fingerprint density at radius 3 is 2.47 bits per heavy atom. The quantitative estimate of drug-likeness (QED) is 0.361. The molecule has 0 atom stereocenters. The van der Waals surface area contributed by atoms with Crippen LogP contribution < -0.4 is 15.5 Å². The van der Waals surface area contributed by atoms with Gasteiger partial charge in [-0.05, 0) is 50.2 Å². The summed E-state index contributed by atoms with van der Waals surface area (Å²) < 4.78 is 4.98. The van der Waals surface area contributed by atoms with Crippen LogP contribution in [0.5, 0.6) is 0 Å². The maximum atomic E-state index is 12.9. The van der Waals surface area contributed by atoms with E-state index in [4.69, 9.17) is 21.7 Å². The maximum Gasteiger partial charge on any atom is 0.288 e. The number of thiazole rings is 1. The third-order valence-corrected chi connectivity index (χ3v) is 5.51. The molecule has 0 saturated carbocycles. The second-order valence-corrected chi connectivity index (χ2v) is 8.12. The van der Waals surface area contributed by atoms with Gasteiger partial charge in [-0.3, -0.25) is 19.9 Å². The third-order valence-electron chi connectivity index (χ3n) is 4.32. The lowest BCUT2D eigenvalue weighted by molar-refractivity contribution is 0.0990. The average Bonchev–Trinajstić information content (AvgIpc) is 3.19. The van der Waals surface area contributed by atoms with E-state index in [-0.39, 0.29) is 16.6 Å². The molecule has 0 unspecified atom stereocenters. The molecule has 2 amide bonds. The summed E-state index contributed by atoms with van der Waals surface area (Å²) in [5.41, 5.74) is 1.31. The van der Waals surface area contributed by atoms with E-state index in [2.05, 4.69) is 20.6 Å². The first-order chi connectivity index (χ1) is 15.3. The molecule has 2 heterocycles. The minimum atomic E-state index is -0.540. The highest BCUT2D eigenvalue weighted by Crippen LogP contribution is 2.23. The van der Waals surface area contributed by atoms with E-state index < -0.39 is 11.8 Å². The summed E-state index contributed by atoms with van der Waals surface area (Å²) >= 11 is 6.94. The van der Waals surface area contributed by atoms with E-state index in [1.165, 1.54) is 13.3 Å². The Balaban J connectivity index is 1.75. The Kier molecular flexibility index (Phi) is 7.39. The Hall–Kier alpha value is -3.50. The predicted molar refractivity (Wildman–Crippen MR) is 126 cm³/mol. The molecule has 0 spiro atoms. The van der Waals surface area contributed by atoms with Crippen LogP contribution in [0.3, 0.4) is 0 Å². The molecule has 3 N–H and O–H groups in total. The largest absolute Gasteiger partial charge is 0.468 e. The molecule has 0 saturated heterocycles. The van der Waals surface area contributed by atoms with Crippen LogP contribution in [0.1, 0.15) is 32.1 Å². The number of methoxy groups -OCH3 is 1. The standard InChI is InChI=1S/C21H21ClN6O3S/c1-4-28(21(23)31-3)15-8-6-14(7-9-15)26-20(30)18-17(25-12(2)32-18)19(29)27-16-10-5-13(22)11-24-16/h5-11,23H,4H2,1-3H3,(H,26,30)(H,24,27,29). The van der Waals surface area contributed by atoms with E-state index in [1.807, 2.05) is 6.92 Å². The molecule has 166 valence electrons. The van der Waals surface area contributed by atoms with Crippen molar-refractivity contribution in [3.63, 3.8) is 0 Å². The lowest BCUT2D eigenvalue weighted by atomic mass is 10.2. The van der Waals surface area contributed by atoms with E-state index in [9.17, 15) is 9.59 Å². The molecule has 3 rings (SSSR count). The summed E-state index contributed by atoms with van der Waals surface area (Å²) in [6, 6.07) is 10.1. The van der Waals surface area contributed by atoms with Gasteiger partial charge < -0.3 is 15.4 Å². The van der Waals surface area contributed by atoms with Crippen LogP contribution >= 0.6 is 22.9 Å². The molecule has 0 aliphatic carbocycles. The van der Waals surface area contributed by atoms with Gasteiger partial charge in [-0.1, -0.05) is 11.6 Å². The van der Waals surface area contributed by atoms with Crippen LogP contribution in [0.4, 0.5) is 17.2 Å². The monoisotopic (exact) mass is 472 g/mol. The molecule has 0 bridgehead atoms. The lowest BCUT2D eigenvalue weighted by Crippen LogP contribution is -2.30. The van der Waals surface area contributed by atoms with Crippen molar-refractivity contribution in [1.82, 2.24) is 9.97 Å². The van der Waals surface area contributed by atoms with E-state index in [1.54, 1.807) is 48.2 Å². The zero-order valence-electron chi connectivity index (χ0n) is 17.6. The fourth-order valence-corrected chi connectivity index (χ4v) is 3.75. The second-order valence-electron chi connectivity index (χ2n) is 6.48. The average molecular weight is 473 g/mol. The van der Waals surface area contributed by atoms with Gasteiger partial charge in [-0.15, -0.1) is 11.3 Å². The van der Waals surface area contributed by atoms with Gasteiger partial charge in [-0.25, -0.2) is 9.97 Å². The Morgan fingerprint density at radius 2 is 1.88 bits per heavy atom. The molecule has 0 aliphatic heterocycles. The van der Waals surface area contributed by atoms with Gasteiger partial charge in [0.2, 0.25) is 0 Å². The van der Waals surface area contributed by atoms with E-state index in [0.717, 1.165) is 17.0 Å². The van der Waals surface area contributed by atoms with Crippen molar-refractivity contribution in [2.45, 2.75) is 13.8 Å². The van der Waals surface area contributed by atoms with Crippen molar-refractivity contribution in [3.05, 3.63) is 63.2 Å². The van der Waals surface area contributed by atoms with Gasteiger partial charge in [0.25, 0.3) is 17.8 Å². The van der Waals surface area contributed by atoms with Crippen LogP contribution in [0.2, 0.25) is 5.02 Å². The van der Waals surface area contributed by atoms with Crippen LogP contribution in [-0.4, -0.2) is 41.5 Å². The summed E-state index contributed by atoms with van der Waals surface area (Å²) in [5, 5.41) is 14.3. The van der Waals surface area contributed by atoms with Crippen LogP contribution in [0, 0.1) is 12.3 Å². The number of hydrogen-bond acceptors (Lipinski definition) is 7. The van der Waals surface area contributed by atoms with E-state index >= 15 is 0 Å². The first-order valence-corrected chi connectivity index (χ1v) is 10.7. The highest BCUT2D eigenvalue weighted by Gasteiger charge is 2.23. The summed E-state index contributed by atoms with van der Waals surface area (Å²) in [6.45, 7) is 4.18. The second kappa shape index (κ2) is 10.2. The highest BCUT2D eigenvalue weighted by atomic mass is 35.5. The molecule has 9 nitrogen and oxygen atoms in total. The van der Waals surface area contributed by atoms with Crippen molar-refractivity contribution in [3.8, 4) is 0 Å². The van der Waals surface area contributed by atoms with Gasteiger partial charge >= 0.3 is 0 Å². The normalized spacial score (nSPS) is 10.4. The number of carbonyl (C=O) groups is 2. The fourth-order valence-electron chi connectivity index (χ4n) is 2.83. The van der Waals surface area contributed by atoms with Crippen molar-refractivity contribution < 1.29 is 14.3 Å². The van der Waals surface area contributed by atoms with Gasteiger partial charge in [0, 0.05) is 24.1 Å². The third kappa shape index (κ3) is 5.40. The molecular weight excluding hydrogens is 452 g/mol. The minimum Gasteiger partial charge on any atom is -0.468 e. The molecular formula is C21H21ClN6O3S. The highest BCUT2D eigenvalue weighted by molar-refractivity contribution is 7.14. The number of nitrogens with one attached hydrogen (secondary N) is 3.